The Morgan fingerprint density at radius 1 is 0.969 bits per heavy atom. The summed E-state index contributed by atoms with van der Waals surface area (Å²) >= 11 is 7.26. The van der Waals surface area contributed by atoms with Crippen LogP contribution in [0.15, 0.2) is 107 Å². The number of rotatable bonds is 14. The smallest absolute Gasteiger partial charge is 0.326 e. The third-order valence-electron chi connectivity index (χ3n) is 11.2. The topological polar surface area (TPSA) is 180 Å². The molecule has 3 heterocycles. The van der Waals surface area contributed by atoms with Crippen molar-refractivity contribution in [2.24, 2.45) is 0 Å². The number of nitrogens with zero attached hydrogens (tertiary/aromatic N) is 3. The molecule has 2 aliphatic rings. The lowest BCUT2D eigenvalue weighted by molar-refractivity contribution is -0.142. The number of aliphatic carboxylic acids is 1. The number of ether oxygens (including phenoxy) is 3. The van der Waals surface area contributed by atoms with Gasteiger partial charge in [0.1, 0.15) is 31.0 Å². The predicted molar refractivity (Wildman–Crippen MR) is 243 cm³/mol. The number of carbonyl (C=O) groups is 2. The highest BCUT2D eigenvalue weighted by molar-refractivity contribution is 7.91. The molecule has 1 aromatic heterocycles. The Morgan fingerprint density at radius 2 is 1.66 bits per heavy atom. The summed E-state index contributed by atoms with van der Waals surface area (Å²) in [4.78, 5) is 31.4. The molecule has 0 radical (unpaired) electrons. The second-order valence-electron chi connectivity index (χ2n) is 15.6. The van der Waals surface area contributed by atoms with Crippen molar-refractivity contribution >= 4 is 50.0 Å². The van der Waals surface area contributed by atoms with Crippen molar-refractivity contribution in [1.29, 1.82) is 5.26 Å². The highest BCUT2D eigenvalue weighted by Crippen LogP contribution is 2.42. The van der Waals surface area contributed by atoms with E-state index in [1.54, 1.807) is 43.3 Å². The molecule has 16 heteroatoms. The van der Waals surface area contributed by atoms with Crippen LogP contribution in [0.1, 0.15) is 57.7 Å². The van der Waals surface area contributed by atoms with Crippen LogP contribution >= 0.6 is 22.9 Å². The molecule has 0 saturated heterocycles. The van der Waals surface area contributed by atoms with Gasteiger partial charge in [0.2, 0.25) is 5.91 Å². The number of anilines is 1. The molecule has 1 amide bonds. The molecule has 0 fully saturated rings. The Kier molecular flexibility index (Phi) is 12.9. The van der Waals surface area contributed by atoms with Crippen molar-refractivity contribution in [1.82, 2.24) is 14.6 Å². The van der Waals surface area contributed by atoms with Crippen LogP contribution in [0.25, 0.3) is 11.1 Å². The van der Waals surface area contributed by atoms with Crippen molar-refractivity contribution < 1.29 is 37.3 Å². The largest absolute Gasteiger partial charge is 0.489 e. The molecule has 0 spiro atoms. The SMILES string of the molecule is CCNc1nc(C)c(S(=O)(=O)N2Cc3cc4c(cc3CC2C(=O)N[C@@H](Cc2ccc(-c3ccc(C#N)cc3)cc2)C(=O)O)OC[C@H](c2ccc(OCc3ccc(C)c(Cl)c3)cc2)O4)s1. The molecule has 5 aromatic carbocycles. The van der Waals surface area contributed by atoms with E-state index in [0.717, 1.165) is 43.5 Å². The molecule has 3 N–H and O–H groups in total. The number of fused-ring (bicyclic) bond motifs is 2. The Hall–Kier alpha value is -6.44. The summed E-state index contributed by atoms with van der Waals surface area (Å²) in [5, 5.41) is 26.3. The third kappa shape index (κ3) is 9.56. The summed E-state index contributed by atoms with van der Waals surface area (Å²) in [6.45, 7) is 6.31. The van der Waals surface area contributed by atoms with Crippen LogP contribution in [0, 0.1) is 25.2 Å². The molecular weight excluding hydrogens is 874 g/mol. The lowest BCUT2D eigenvalue weighted by Gasteiger charge is -2.36. The lowest BCUT2D eigenvalue weighted by Crippen LogP contribution is -2.55. The maximum Gasteiger partial charge on any atom is 0.326 e. The van der Waals surface area contributed by atoms with Gasteiger partial charge in [-0.3, -0.25) is 4.79 Å². The third-order valence-corrected chi connectivity index (χ3v) is 15.2. The average molecular weight is 918 g/mol. The quantitative estimate of drug-likeness (QED) is 0.0955. The molecule has 1 unspecified atom stereocenters. The number of carboxylic acids is 1. The van der Waals surface area contributed by atoms with Gasteiger partial charge in [0.05, 0.1) is 17.3 Å². The predicted octanol–water partition coefficient (Wildman–Crippen LogP) is 8.40. The van der Waals surface area contributed by atoms with E-state index in [2.05, 4.69) is 21.7 Å². The van der Waals surface area contributed by atoms with Gasteiger partial charge in [0.25, 0.3) is 10.0 Å². The number of amides is 1. The number of hydrogen-bond donors (Lipinski definition) is 3. The van der Waals surface area contributed by atoms with Gasteiger partial charge in [0.15, 0.2) is 26.9 Å². The monoisotopic (exact) mass is 917 g/mol. The first kappa shape index (κ1) is 44.2. The maximum atomic E-state index is 14.6. The van der Waals surface area contributed by atoms with Crippen LogP contribution in [0.4, 0.5) is 5.13 Å². The Balaban J connectivity index is 1.02. The van der Waals surface area contributed by atoms with E-state index in [1.807, 2.05) is 80.6 Å². The molecule has 6 aromatic rings. The molecule has 0 aliphatic carbocycles. The number of carboxylic acid groups (broad SMARTS) is 1. The van der Waals surface area contributed by atoms with Gasteiger partial charge < -0.3 is 30.0 Å². The average Bonchev–Trinajstić information content (AvgIpc) is 3.68. The normalized spacial score (nSPS) is 16.2. The van der Waals surface area contributed by atoms with E-state index in [0.29, 0.717) is 62.8 Å². The van der Waals surface area contributed by atoms with E-state index in [-0.39, 0.29) is 35.9 Å². The van der Waals surface area contributed by atoms with Crippen molar-refractivity contribution in [2.75, 3.05) is 18.5 Å². The second-order valence-corrected chi connectivity index (χ2v) is 19.1. The van der Waals surface area contributed by atoms with E-state index in [1.165, 1.54) is 0 Å². The first-order valence-electron chi connectivity index (χ1n) is 20.6. The Morgan fingerprint density at radius 3 is 2.33 bits per heavy atom. The van der Waals surface area contributed by atoms with Crippen LogP contribution in [-0.2, 0) is 45.6 Å². The van der Waals surface area contributed by atoms with Crippen molar-refractivity contribution in [3.8, 4) is 34.4 Å². The zero-order chi connectivity index (χ0) is 45.1. The number of nitriles is 1. The molecule has 64 heavy (non-hydrogen) atoms. The number of aryl methyl sites for hydroxylation is 2. The fourth-order valence-electron chi connectivity index (χ4n) is 7.67. The number of carbonyl (C=O) groups excluding carboxylic acids is 1. The minimum Gasteiger partial charge on any atom is -0.489 e. The summed E-state index contributed by atoms with van der Waals surface area (Å²) < 4.78 is 49.1. The van der Waals surface area contributed by atoms with Gasteiger partial charge in [-0.25, -0.2) is 18.2 Å². The van der Waals surface area contributed by atoms with Gasteiger partial charge in [-0.15, -0.1) is 0 Å². The molecule has 3 atom stereocenters. The van der Waals surface area contributed by atoms with Crippen LogP contribution in [0.3, 0.4) is 0 Å². The van der Waals surface area contributed by atoms with E-state index in [9.17, 15) is 23.1 Å². The standard InChI is InChI=1S/C48H44ClN5O8S2/c1-4-51-48-52-29(3)47(63-48)64(58,59)54-25-37-23-43-42(61-27-44(62-43)35-15-17-38(18-16-35)60-26-32-6-5-28(2)39(49)19-32)22-36(37)21-41(54)45(55)53-40(46(56)57)20-30-7-11-33(12-8-30)34-13-9-31(24-50)10-14-34/h5-19,22-23,40-41,44H,4,20-21,25-27H2,1-3H3,(H,51,52)(H,53,55)(H,56,57)/t40-,41?,44+/m0/s1. The van der Waals surface area contributed by atoms with E-state index in [4.69, 9.17) is 31.1 Å². The lowest BCUT2D eigenvalue weighted by atomic mass is 9.94. The fraction of sp³-hybridized carbons (Fsp3) is 0.250. The molecule has 13 nitrogen and oxygen atoms in total. The number of nitrogens with one attached hydrogen (secondary N) is 2. The van der Waals surface area contributed by atoms with E-state index < -0.39 is 40.1 Å². The van der Waals surface area contributed by atoms with Gasteiger partial charge >= 0.3 is 5.97 Å². The van der Waals surface area contributed by atoms with Crippen LogP contribution in [-0.4, -0.2) is 59.9 Å². The Labute approximate surface area is 380 Å². The summed E-state index contributed by atoms with van der Waals surface area (Å²) in [6, 6.07) is 30.6. The van der Waals surface area contributed by atoms with Crippen LogP contribution in [0.5, 0.6) is 17.2 Å². The fourth-order valence-corrected chi connectivity index (χ4v) is 11.0. The minimum absolute atomic E-state index is 0.0189. The zero-order valence-electron chi connectivity index (χ0n) is 35.1. The van der Waals surface area contributed by atoms with Crippen LogP contribution < -0.4 is 24.8 Å². The highest BCUT2D eigenvalue weighted by atomic mass is 35.5. The Bertz CT molecular complexity index is 2860. The maximum absolute atomic E-state index is 14.6. The summed E-state index contributed by atoms with van der Waals surface area (Å²) in [7, 11) is -4.35. The minimum atomic E-state index is -4.35. The summed E-state index contributed by atoms with van der Waals surface area (Å²) in [5.41, 5.74) is 7.30. The van der Waals surface area contributed by atoms with Crippen molar-refractivity contribution in [2.45, 2.75) is 69.2 Å². The van der Waals surface area contributed by atoms with Gasteiger partial charge in [0, 0.05) is 24.5 Å². The highest BCUT2D eigenvalue weighted by Gasteiger charge is 2.43. The van der Waals surface area contributed by atoms with Gasteiger partial charge in [-0.2, -0.15) is 9.57 Å². The number of thiazole rings is 1. The van der Waals surface area contributed by atoms with Crippen molar-refractivity contribution in [3.63, 3.8) is 0 Å². The number of halogens is 1. The molecular formula is C48H44ClN5O8S2. The van der Waals surface area contributed by atoms with Crippen LogP contribution in [0.2, 0.25) is 5.02 Å². The number of sulfonamides is 1. The summed E-state index contributed by atoms with van der Waals surface area (Å²) in [5.74, 6) is -0.484. The number of aromatic nitrogens is 1. The van der Waals surface area contributed by atoms with Crippen molar-refractivity contribution in [3.05, 3.63) is 153 Å². The first-order chi connectivity index (χ1) is 30.8. The molecule has 0 saturated carbocycles. The molecule has 2 aliphatic heterocycles. The molecule has 8 rings (SSSR count). The van der Waals surface area contributed by atoms with Gasteiger partial charge in [-0.1, -0.05) is 83.6 Å². The number of benzene rings is 5. The second kappa shape index (κ2) is 18.7. The molecule has 0 bridgehead atoms. The first-order valence-corrected chi connectivity index (χ1v) is 23.2. The van der Waals surface area contributed by atoms with E-state index >= 15 is 0 Å². The zero-order valence-corrected chi connectivity index (χ0v) is 37.5. The van der Waals surface area contributed by atoms with Gasteiger partial charge in [-0.05, 0) is 114 Å². The summed E-state index contributed by atoms with van der Waals surface area (Å²) in [6.07, 6.45) is -0.578. The molecule has 328 valence electrons. The number of hydrogen-bond acceptors (Lipinski definition) is 11.